The van der Waals surface area contributed by atoms with Gasteiger partial charge in [0.05, 0.1) is 19.6 Å². The second-order valence-electron chi connectivity index (χ2n) is 4.94. The second kappa shape index (κ2) is 6.48. The van der Waals surface area contributed by atoms with Crippen molar-refractivity contribution in [1.29, 1.82) is 0 Å². The Bertz CT molecular complexity index is 480. The summed E-state index contributed by atoms with van der Waals surface area (Å²) >= 11 is 0. The van der Waals surface area contributed by atoms with Gasteiger partial charge in [0.1, 0.15) is 0 Å². The third-order valence-corrected chi connectivity index (χ3v) is 3.17. The van der Waals surface area contributed by atoms with Gasteiger partial charge in [0, 0.05) is 5.56 Å². The van der Waals surface area contributed by atoms with Gasteiger partial charge in [0.2, 0.25) is 0 Å². The van der Waals surface area contributed by atoms with Gasteiger partial charge in [0.15, 0.2) is 5.78 Å². The number of carbonyl (C=O) groups excluding carboxylic acids is 2. The first-order chi connectivity index (χ1) is 8.86. The van der Waals surface area contributed by atoms with Crippen LogP contribution in [0.25, 0.3) is 0 Å². The molecule has 1 rings (SSSR count). The molecule has 1 aromatic rings. The Morgan fingerprint density at radius 2 is 1.89 bits per heavy atom. The second-order valence-corrected chi connectivity index (χ2v) is 4.94. The minimum atomic E-state index is -0.493. The van der Waals surface area contributed by atoms with Crippen molar-refractivity contribution in [1.82, 2.24) is 4.90 Å². The molecule has 0 radical (unpaired) electrons. The van der Waals surface area contributed by atoms with Crippen molar-refractivity contribution in [2.24, 2.45) is 0 Å². The molecule has 0 aliphatic heterocycles. The van der Waals surface area contributed by atoms with Crippen LogP contribution < -0.4 is 0 Å². The van der Waals surface area contributed by atoms with Crippen LogP contribution in [0.4, 0.5) is 0 Å². The molecule has 4 heteroatoms. The molecule has 19 heavy (non-hydrogen) atoms. The zero-order chi connectivity index (χ0) is 14.6. The number of Topliss-reactive ketones (excluding diaryl/α,β-unsaturated/α-hetero) is 1. The molecule has 0 heterocycles. The number of esters is 1. The molecular formula is C15H21NO3. The SMILES string of the molecule is COC(=O)CC(C(=O)c1cc(C)ccc1C)N(C)C. The van der Waals surface area contributed by atoms with E-state index in [4.69, 9.17) is 0 Å². The molecule has 0 saturated heterocycles. The van der Waals surface area contributed by atoms with E-state index < -0.39 is 6.04 Å². The fraction of sp³-hybridized carbons (Fsp3) is 0.467. The number of likely N-dealkylation sites (N-methyl/N-ethyl adjacent to an activating group) is 1. The number of nitrogens with zero attached hydrogens (tertiary/aromatic N) is 1. The quantitative estimate of drug-likeness (QED) is 0.602. The number of ketones is 1. The van der Waals surface area contributed by atoms with Crippen molar-refractivity contribution < 1.29 is 14.3 Å². The third kappa shape index (κ3) is 3.89. The van der Waals surface area contributed by atoms with E-state index in [9.17, 15) is 9.59 Å². The highest BCUT2D eigenvalue weighted by molar-refractivity contribution is 6.03. The van der Waals surface area contributed by atoms with Gasteiger partial charge in [-0.1, -0.05) is 17.7 Å². The summed E-state index contributed by atoms with van der Waals surface area (Å²) in [5.41, 5.74) is 2.62. The first-order valence-corrected chi connectivity index (χ1v) is 6.21. The van der Waals surface area contributed by atoms with Gasteiger partial charge < -0.3 is 4.74 Å². The Labute approximate surface area is 114 Å². The Balaban J connectivity index is 3.05. The van der Waals surface area contributed by atoms with Crippen LogP contribution in [0.2, 0.25) is 0 Å². The number of methoxy groups -OCH3 is 1. The van der Waals surface area contributed by atoms with Gasteiger partial charge in [-0.05, 0) is 39.6 Å². The molecule has 4 nitrogen and oxygen atoms in total. The van der Waals surface area contributed by atoms with Crippen molar-refractivity contribution in [3.05, 3.63) is 34.9 Å². The molecule has 0 amide bonds. The van der Waals surface area contributed by atoms with Gasteiger partial charge in [-0.2, -0.15) is 0 Å². The molecule has 0 spiro atoms. The van der Waals surface area contributed by atoms with Crippen molar-refractivity contribution in [3.63, 3.8) is 0 Å². The Morgan fingerprint density at radius 3 is 2.42 bits per heavy atom. The summed E-state index contributed by atoms with van der Waals surface area (Å²) in [6.45, 7) is 3.85. The average Bonchev–Trinajstić information content (AvgIpc) is 2.37. The van der Waals surface area contributed by atoms with Crippen LogP contribution in [-0.2, 0) is 9.53 Å². The first-order valence-electron chi connectivity index (χ1n) is 6.21. The van der Waals surface area contributed by atoms with E-state index in [0.29, 0.717) is 5.56 Å². The van der Waals surface area contributed by atoms with Gasteiger partial charge >= 0.3 is 5.97 Å². The third-order valence-electron chi connectivity index (χ3n) is 3.17. The molecule has 0 aliphatic carbocycles. The molecule has 0 N–H and O–H groups in total. The number of benzene rings is 1. The van der Waals surface area contributed by atoms with Crippen LogP contribution in [0.5, 0.6) is 0 Å². The molecule has 104 valence electrons. The molecule has 1 atom stereocenters. The van der Waals surface area contributed by atoms with E-state index in [1.54, 1.807) is 19.0 Å². The normalized spacial score (nSPS) is 12.3. The van der Waals surface area contributed by atoms with Crippen LogP contribution >= 0.6 is 0 Å². The van der Waals surface area contributed by atoms with E-state index in [2.05, 4.69) is 4.74 Å². The molecule has 0 bridgehead atoms. The number of hydrogen-bond donors (Lipinski definition) is 0. The lowest BCUT2D eigenvalue weighted by molar-refractivity contribution is -0.141. The maximum absolute atomic E-state index is 12.6. The number of aryl methyl sites for hydroxylation is 2. The molecule has 0 aromatic heterocycles. The lowest BCUT2D eigenvalue weighted by atomic mass is 9.95. The minimum Gasteiger partial charge on any atom is -0.469 e. The first kappa shape index (κ1) is 15.4. The summed E-state index contributed by atoms with van der Waals surface area (Å²) in [5.74, 6) is -0.422. The van der Waals surface area contributed by atoms with E-state index >= 15 is 0 Å². The summed E-state index contributed by atoms with van der Waals surface area (Å²) in [5, 5.41) is 0. The van der Waals surface area contributed by atoms with Gasteiger partial charge in [-0.3, -0.25) is 14.5 Å². The van der Waals surface area contributed by atoms with Gasteiger partial charge in [0.25, 0.3) is 0 Å². The predicted molar refractivity (Wildman–Crippen MR) is 74.4 cm³/mol. The maximum atomic E-state index is 12.6. The largest absolute Gasteiger partial charge is 0.469 e. The summed E-state index contributed by atoms with van der Waals surface area (Å²) < 4.78 is 4.65. The van der Waals surface area contributed by atoms with Crippen molar-refractivity contribution in [2.75, 3.05) is 21.2 Å². The minimum absolute atomic E-state index is 0.0448. The topological polar surface area (TPSA) is 46.6 Å². The molecule has 0 saturated carbocycles. The standard InChI is InChI=1S/C15H21NO3/c1-10-6-7-11(2)12(8-10)15(18)13(16(3)4)9-14(17)19-5/h6-8,13H,9H2,1-5H3. The fourth-order valence-electron chi connectivity index (χ4n) is 1.93. The molecule has 1 aromatic carbocycles. The molecule has 0 aliphatic rings. The zero-order valence-corrected chi connectivity index (χ0v) is 12.2. The highest BCUT2D eigenvalue weighted by Gasteiger charge is 2.26. The van der Waals surface area contributed by atoms with Crippen molar-refractivity contribution >= 4 is 11.8 Å². The lowest BCUT2D eigenvalue weighted by Crippen LogP contribution is -2.38. The Morgan fingerprint density at radius 1 is 1.26 bits per heavy atom. The predicted octanol–water partition coefficient (Wildman–Crippen LogP) is 1.98. The van der Waals surface area contributed by atoms with E-state index in [-0.39, 0.29) is 18.2 Å². The summed E-state index contributed by atoms with van der Waals surface area (Å²) in [6.07, 6.45) is 0.0652. The zero-order valence-electron chi connectivity index (χ0n) is 12.2. The maximum Gasteiger partial charge on any atom is 0.307 e. The number of hydrogen-bond acceptors (Lipinski definition) is 4. The monoisotopic (exact) mass is 263 g/mol. The van der Waals surface area contributed by atoms with E-state index in [1.165, 1.54) is 7.11 Å². The summed E-state index contributed by atoms with van der Waals surface area (Å²) in [6, 6.07) is 5.27. The van der Waals surface area contributed by atoms with Crippen LogP contribution in [0.15, 0.2) is 18.2 Å². The van der Waals surface area contributed by atoms with Crippen molar-refractivity contribution in [3.8, 4) is 0 Å². The van der Waals surface area contributed by atoms with E-state index in [0.717, 1.165) is 11.1 Å². The highest BCUT2D eigenvalue weighted by atomic mass is 16.5. The number of ether oxygens (including phenoxy) is 1. The Kier molecular flexibility index (Phi) is 5.24. The number of carbonyl (C=O) groups is 2. The fourth-order valence-corrected chi connectivity index (χ4v) is 1.93. The van der Waals surface area contributed by atoms with Crippen LogP contribution in [0.3, 0.4) is 0 Å². The number of rotatable bonds is 5. The molecule has 0 fully saturated rings. The van der Waals surface area contributed by atoms with Crippen molar-refractivity contribution in [2.45, 2.75) is 26.3 Å². The van der Waals surface area contributed by atoms with Crippen LogP contribution in [0.1, 0.15) is 27.9 Å². The summed E-state index contributed by atoms with van der Waals surface area (Å²) in [7, 11) is 4.91. The van der Waals surface area contributed by atoms with E-state index in [1.807, 2.05) is 32.0 Å². The Hall–Kier alpha value is -1.68. The van der Waals surface area contributed by atoms with Gasteiger partial charge in [-0.15, -0.1) is 0 Å². The summed E-state index contributed by atoms with van der Waals surface area (Å²) in [4.78, 5) is 25.7. The van der Waals surface area contributed by atoms with Crippen LogP contribution in [0, 0.1) is 13.8 Å². The molecular weight excluding hydrogens is 242 g/mol. The molecule has 1 unspecified atom stereocenters. The van der Waals surface area contributed by atoms with Gasteiger partial charge in [-0.25, -0.2) is 0 Å². The highest BCUT2D eigenvalue weighted by Crippen LogP contribution is 2.16. The smallest absolute Gasteiger partial charge is 0.307 e. The average molecular weight is 263 g/mol. The lowest BCUT2D eigenvalue weighted by Gasteiger charge is -2.22. The van der Waals surface area contributed by atoms with Crippen LogP contribution in [-0.4, -0.2) is 43.9 Å².